The van der Waals surface area contributed by atoms with E-state index in [1.807, 2.05) is 19.1 Å². The first kappa shape index (κ1) is 44.6. The van der Waals surface area contributed by atoms with Crippen molar-refractivity contribution in [2.45, 2.75) is 131 Å². The molecular weight excluding hydrogens is 663 g/mol. The molecule has 0 saturated heterocycles. The molecule has 53 heavy (non-hydrogen) atoms. The Labute approximate surface area is 320 Å². The van der Waals surface area contributed by atoms with Crippen molar-refractivity contribution in [2.24, 2.45) is 11.8 Å². The van der Waals surface area contributed by atoms with Gasteiger partial charge in [0.15, 0.2) is 0 Å². The van der Waals surface area contributed by atoms with Crippen molar-refractivity contribution in [1.29, 1.82) is 5.26 Å². The molecule has 1 aliphatic heterocycles. The van der Waals surface area contributed by atoms with Gasteiger partial charge in [-0.3, -0.25) is 9.59 Å². The van der Waals surface area contributed by atoms with Crippen LogP contribution in [0.2, 0.25) is 0 Å². The zero-order chi connectivity index (χ0) is 39.0. The van der Waals surface area contributed by atoms with E-state index < -0.39 is 5.91 Å². The van der Waals surface area contributed by atoms with Crippen molar-refractivity contribution in [2.75, 3.05) is 37.7 Å². The van der Waals surface area contributed by atoms with Gasteiger partial charge in [-0.25, -0.2) is 15.0 Å². The van der Waals surface area contributed by atoms with Crippen LogP contribution in [0, 0.1) is 36.3 Å². The van der Waals surface area contributed by atoms with Crippen LogP contribution in [0.25, 0.3) is 15.8 Å². The van der Waals surface area contributed by atoms with Gasteiger partial charge < -0.3 is 19.3 Å². The van der Waals surface area contributed by atoms with E-state index in [9.17, 15) is 14.9 Å². The van der Waals surface area contributed by atoms with Crippen LogP contribution in [0.5, 0.6) is 5.75 Å². The molecule has 2 rings (SSSR count). The minimum Gasteiger partial charge on any atom is -0.493 e. The lowest BCUT2D eigenvalue weighted by atomic mass is 10.00. The van der Waals surface area contributed by atoms with Crippen molar-refractivity contribution in [3.8, 4) is 11.8 Å². The Hall–Kier alpha value is -4.55. The summed E-state index contributed by atoms with van der Waals surface area (Å²) < 4.78 is 12.1. The number of amides is 1. The summed E-state index contributed by atoms with van der Waals surface area (Å²) in [6.07, 6.45) is 16.7. The van der Waals surface area contributed by atoms with Gasteiger partial charge in [0, 0.05) is 42.5 Å². The van der Waals surface area contributed by atoms with Crippen LogP contribution in [-0.2, 0) is 14.3 Å². The highest BCUT2D eigenvalue weighted by Crippen LogP contribution is 2.36. The zero-order valence-corrected chi connectivity index (χ0v) is 33.3. The van der Waals surface area contributed by atoms with Crippen molar-refractivity contribution >= 4 is 23.6 Å². The van der Waals surface area contributed by atoms with Gasteiger partial charge in [0.05, 0.1) is 44.0 Å². The molecule has 9 nitrogen and oxygen atoms in total. The van der Waals surface area contributed by atoms with Gasteiger partial charge in [0.25, 0.3) is 5.70 Å². The van der Waals surface area contributed by atoms with Gasteiger partial charge in [-0.05, 0) is 63.0 Å². The molecule has 1 aromatic carbocycles. The van der Waals surface area contributed by atoms with Gasteiger partial charge in [0.1, 0.15) is 5.75 Å². The van der Waals surface area contributed by atoms with E-state index in [1.165, 1.54) is 4.90 Å². The summed E-state index contributed by atoms with van der Waals surface area (Å²) >= 11 is 0. The molecule has 0 saturated carbocycles. The molecule has 1 aromatic rings. The summed E-state index contributed by atoms with van der Waals surface area (Å²) in [5.41, 5.74) is 1.75. The smallest absolute Gasteiger partial charge is 0.308 e. The minimum atomic E-state index is -0.434. The number of nitriles is 1. The fourth-order valence-electron chi connectivity index (χ4n) is 6.38. The molecule has 1 aliphatic rings. The molecule has 0 aliphatic carbocycles. The van der Waals surface area contributed by atoms with Crippen molar-refractivity contribution in [3.63, 3.8) is 0 Å². The van der Waals surface area contributed by atoms with Crippen molar-refractivity contribution in [1.82, 2.24) is 4.90 Å². The maximum atomic E-state index is 13.9. The lowest BCUT2D eigenvalue weighted by molar-refractivity contribution is -0.149. The highest BCUT2D eigenvalue weighted by molar-refractivity contribution is 6.04. The number of allylic oxidation sites excluding steroid dienone is 1. The van der Waals surface area contributed by atoms with Crippen LogP contribution in [0.15, 0.2) is 46.9 Å². The van der Waals surface area contributed by atoms with E-state index in [0.717, 1.165) is 107 Å². The third kappa shape index (κ3) is 13.7. The lowest BCUT2D eigenvalue weighted by Gasteiger charge is -2.26. The Morgan fingerprint density at radius 2 is 1.60 bits per heavy atom. The normalized spacial score (nSPS) is 14.8. The van der Waals surface area contributed by atoms with Crippen LogP contribution >= 0.6 is 0 Å². The number of ether oxygens (including phenoxy) is 2. The second-order valence-corrected chi connectivity index (χ2v) is 13.9. The van der Waals surface area contributed by atoms with E-state index in [2.05, 4.69) is 61.3 Å². The molecule has 0 radical (unpaired) electrons. The standard InChI is InChI=1S/C44H63N5O4/c1-9-15-21-34(13-5)33-53-40-31-37(48(27-17-11-3)28-18-12-4)25-23-36(40)24-26-38-41(47-8)42(39(32-45)46-7)49(43(38)50)29-19-20-30-52-44(51)35(14-6)22-16-10-2/h23-26,31,34-35H,9-22,27-30,33H2,1-6H3/b26-24+,42-39+. The maximum absolute atomic E-state index is 13.9. The lowest BCUT2D eigenvalue weighted by Crippen LogP contribution is -2.28. The molecule has 2 atom stereocenters. The number of unbranched alkanes of at least 4 members (excludes halogenated alkanes) is 5. The van der Waals surface area contributed by atoms with Crippen LogP contribution in [-0.4, -0.2) is 49.6 Å². The number of anilines is 1. The van der Waals surface area contributed by atoms with E-state index in [1.54, 1.807) is 12.2 Å². The van der Waals surface area contributed by atoms with Crippen LogP contribution in [0.3, 0.4) is 0 Å². The monoisotopic (exact) mass is 725 g/mol. The van der Waals surface area contributed by atoms with Crippen LogP contribution in [0.1, 0.15) is 137 Å². The number of esters is 1. The first-order chi connectivity index (χ1) is 25.8. The Balaban J connectivity index is 2.42. The Bertz CT molecular complexity index is 1520. The maximum Gasteiger partial charge on any atom is 0.308 e. The first-order valence-electron chi connectivity index (χ1n) is 20.1. The number of nitrogens with zero attached hydrogens (tertiary/aromatic N) is 5. The third-order valence-electron chi connectivity index (χ3n) is 9.90. The molecular formula is C44H63N5O4. The van der Waals surface area contributed by atoms with E-state index in [-0.39, 0.29) is 47.7 Å². The molecule has 0 aromatic heterocycles. The summed E-state index contributed by atoms with van der Waals surface area (Å²) in [5.74, 6) is 0.412. The zero-order valence-electron chi connectivity index (χ0n) is 33.3. The first-order valence-corrected chi connectivity index (χ1v) is 20.1. The van der Waals surface area contributed by atoms with Gasteiger partial charge in [-0.2, -0.15) is 0 Å². The molecule has 0 bridgehead atoms. The second kappa shape index (κ2) is 25.4. The molecule has 288 valence electrons. The molecule has 2 unspecified atom stereocenters. The number of hydrogen-bond donors (Lipinski definition) is 0. The summed E-state index contributed by atoms with van der Waals surface area (Å²) in [7, 11) is 0. The van der Waals surface area contributed by atoms with Gasteiger partial charge in [0.2, 0.25) is 11.6 Å². The molecule has 0 fully saturated rings. The largest absolute Gasteiger partial charge is 0.493 e. The van der Waals surface area contributed by atoms with Gasteiger partial charge >= 0.3 is 5.97 Å². The highest BCUT2D eigenvalue weighted by Gasteiger charge is 2.36. The summed E-state index contributed by atoms with van der Waals surface area (Å²) in [6.45, 7) is 31.4. The van der Waals surface area contributed by atoms with Gasteiger partial charge in [-0.1, -0.05) is 98.6 Å². The fraction of sp³-hybridized carbons (Fsp3) is 0.614. The molecule has 9 heteroatoms. The number of hydrogen-bond acceptors (Lipinski definition) is 6. The third-order valence-corrected chi connectivity index (χ3v) is 9.90. The SMILES string of the molecule is [C-]#[N+]C1=C(/C=C/c2ccc(N(CCCC)CCCC)cc2OCC(CC)CCCC)C(=O)N(CCCCOC(=O)C(CC)CCCC)/C1=C(\C#N)[N+]#[C-]. The fourth-order valence-corrected chi connectivity index (χ4v) is 6.38. The average Bonchev–Trinajstić information content (AvgIpc) is 3.44. The molecule has 0 N–H and O–H groups in total. The van der Waals surface area contributed by atoms with E-state index >= 15 is 0 Å². The number of carbonyl (C=O) groups excluding carboxylic acids is 2. The minimum absolute atomic E-state index is 0.0121. The predicted molar refractivity (Wildman–Crippen MR) is 214 cm³/mol. The van der Waals surface area contributed by atoms with Gasteiger partial charge in [-0.15, -0.1) is 0 Å². The highest BCUT2D eigenvalue weighted by atomic mass is 16.5. The summed E-state index contributed by atoms with van der Waals surface area (Å²) in [5, 5.41) is 9.82. The Kier molecular flexibility index (Phi) is 21.4. The van der Waals surface area contributed by atoms with E-state index in [4.69, 9.17) is 22.6 Å². The molecule has 1 amide bonds. The topological polar surface area (TPSA) is 91.6 Å². The molecule has 1 heterocycles. The number of carbonyl (C=O) groups is 2. The predicted octanol–water partition coefficient (Wildman–Crippen LogP) is 10.9. The Morgan fingerprint density at radius 3 is 2.19 bits per heavy atom. The second-order valence-electron chi connectivity index (χ2n) is 13.9. The Morgan fingerprint density at radius 1 is 0.925 bits per heavy atom. The average molecular weight is 726 g/mol. The van der Waals surface area contributed by atoms with E-state index in [0.29, 0.717) is 25.4 Å². The number of rotatable bonds is 26. The quantitative estimate of drug-likeness (QED) is 0.0409. The van der Waals surface area contributed by atoms with Crippen LogP contribution in [0.4, 0.5) is 5.69 Å². The summed E-state index contributed by atoms with van der Waals surface area (Å²) in [4.78, 5) is 37.3. The van der Waals surface area contributed by atoms with Crippen LogP contribution < -0.4 is 9.64 Å². The van der Waals surface area contributed by atoms with Crippen molar-refractivity contribution < 1.29 is 19.1 Å². The molecule has 0 spiro atoms. The van der Waals surface area contributed by atoms with Crippen molar-refractivity contribution in [3.05, 3.63) is 75.3 Å². The number of benzene rings is 1. The summed E-state index contributed by atoms with van der Waals surface area (Å²) in [6, 6.07) is 8.10.